The first kappa shape index (κ1) is 10.9. The van der Waals surface area contributed by atoms with E-state index in [1.165, 1.54) is 25.1 Å². The summed E-state index contributed by atoms with van der Waals surface area (Å²) in [4.78, 5) is 16.4. The van der Waals surface area contributed by atoms with Gasteiger partial charge in [-0.2, -0.15) is 0 Å². The molecule has 0 saturated carbocycles. The van der Waals surface area contributed by atoms with Crippen LogP contribution in [0.4, 0.5) is 11.5 Å². The van der Waals surface area contributed by atoms with E-state index in [1.807, 2.05) is 0 Å². The smallest absolute Gasteiger partial charge is 0.287 e. The second kappa shape index (κ2) is 4.47. The van der Waals surface area contributed by atoms with Gasteiger partial charge in [-0.1, -0.05) is 6.92 Å². The van der Waals surface area contributed by atoms with Crippen molar-refractivity contribution in [2.24, 2.45) is 5.92 Å². The van der Waals surface area contributed by atoms with Gasteiger partial charge in [-0.3, -0.25) is 10.1 Å². The van der Waals surface area contributed by atoms with E-state index in [-0.39, 0.29) is 5.69 Å². The minimum Gasteiger partial charge on any atom is -0.356 e. The number of nitro groups is 1. The number of pyridine rings is 1. The van der Waals surface area contributed by atoms with Crippen LogP contribution in [0.25, 0.3) is 0 Å². The quantitative estimate of drug-likeness (QED) is 0.567. The zero-order valence-corrected chi connectivity index (χ0v) is 9.30. The third kappa shape index (κ3) is 2.29. The third-order valence-electron chi connectivity index (χ3n) is 2.92. The molecule has 1 aliphatic rings. The number of piperidine rings is 1. The molecule has 1 aliphatic heterocycles. The molecule has 86 valence electrons. The lowest BCUT2D eigenvalue weighted by Crippen LogP contribution is -2.34. The zero-order chi connectivity index (χ0) is 11.5. The predicted molar refractivity (Wildman–Crippen MR) is 61.5 cm³/mol. The molecule has 1 fully saturated rings. The van der Waals surface area contributed by atoms with Crippen molar-refractivity contribution in [1.82, 2.24) is 4.98 Å². The summed E-state index contributed by atoms with van der Waals surface area (Å²) in [5.74, 6) is 1.52. The van der Waals surface area contributed by atoms with Gasteiger partial charge < -0.3 is 4.90 Å². The molecular formula is C11H15N3O2. The van der Waals surface area contributed by atoms with Gasteiger partial charge in [0.2, 0.25) is 0 Å². The van der Waals surface area contributed by atoms with Crippen LogP contribution in [0.2, 0.25) is 0 Å². The molecule has 16 heavy (non-hydrogen) atoms. The van der Waals surface area contributed by atoms with E-state index in [0.717, 1.165) is 18.9 Å². The summed E-state index contributed by atoms with van der Waals surface area (Å²) < 4.78 is 0. The van der Waals surface area contributed by atoms with Crippen LogP contribution in [0.3, 0.4) is 0 Å². The highest BCUT2D eigenvalue weighted by Gasteiger charge is 2.18. The Kier molecular flexibility index (Phi) is 3.03. The standard InChI is InChI=1S/C11H15N3O2/c1-9-3-2-6-13(8-9)11-5-4-10(7-12-11)14(15)16/h4-5,7,9H,2-3,6,8H2,1H3/t9-/m1/s1. The van der Waals surface area contributed by atoms with Crippen molar-refractivity contribution in [3.63, 3.8) is 0 Å². The molecule has 1 saturated heterocycles. The molecule has 0 unspecified atom stereocenters. The molecule has 0 radical (unpaired) electrons. The van der Waals surface area contributed by atoms with E-state index >= 15 is 0 Å². The number of hydrogen-bond acceptors (Lipinski definition) is 4. The molecule has 1 aromatic rings. The molecule has 0 bridgehead atoms. The fourth-order valence-electron chi connectivity index (χ4n) is 2.07. The van der Waals surface area contributed by atoms with Crippen molar-refractivity contribution in [2.45, 2.75) is 19.8 Å². The highest BCUT2D eigenvalue weighted by atomic mass is 16.6. The zero-order valence-electron chi connectivity index (χ0n) is 9.30. The van der Waals surface area contributed by atoms with E-state index in [9.17, 15) is 10.1 Å². The van der Waals surface area contributed by atoms with Crippen molar-refractivity contribution < 1.29 is 4.92 Å². The highest BCUT2D eigenvalue weighted by molar-refractivity contribution is 5.43. The van der Waals surface area contributed by atoms with Gasteiger partial charge in [-0.25, -0.2) is 4.98 Å². The van der Waals surface area contributed by atoms with Gasteiger partial charge in [0.05, 0.1) is 4.92 Å². The number of hydrogen-bond donors (Lipinski definition) is 0. The maximum Gasteiger partial charge on any atom is 0.287 e. The number of nitrogens with zero attached hydrogens (tertiary/aromatic N) is 3. The van der Waals surface area contributed by atoms with Gasteiger partial charge in [-0.15, -0.1) is 0 Å². The lowest BCUT2D eigenvalue weighted by atomic mass is 10.0. The van der Waals surface area contributed by atoms with Crippen LogP contribution in [0.15, 0.2) is 18.3 Å². The monoisotopic (exact) mass is 221 g/mol. The number of rotatable bonds is 2. The molecule has 0 aromatic carbocycles. The Hall–Kier alpha value is -1.65. The second-order valence-electron chi connectivity index (χ2n) is 4.33. The van der Waals surface area contributed by atoms with Crippen molar-refractivity contribution in [1.29, 1.82) is 0 Å². The second-order valence-corrected chi connectivity index (χ2v) is 4.33. The maximum absolute atomic E-state index is 10.5. The first-order valence-corrected chi connectivity index (χ1v) is 5.52. The Morgan fingerprint density at radius 1 is 1.56 bits per heavy atom. The van der Waals surface area contributed by atoms with Gasteiger partial charge in [0.25, 0.3) is 5.69 Å². The molecule has 0 N–H and O–H groups in total. The largest absolute Gasteiger partial charge is 0.356 e. The first-order valence-electron chi connectivity index (χ1n) is 5.52. The highest BCUT2D eigenvalue weighted by Crippen LogP contribution is 2.22. The van der Waals surface area contributed by atoms with Gasteiger partial charge in [-0.05, 0) is 24.8 Å². The fraction of sp³-hybridized carbons (Fsp3) is 0.545. The van der Waals surface area contributed by atoms with Crippen molar-refractivity contribution in [3.05, 3.63) is 28.4 Å². The van der Waals surface area contributed by atoms with Crippen LogP contribution in [0, 0.1) is 16.0 Å². The topological polar surface area (TPSA) is 59.3 Å². The first-order chi connectivity index (χ1) is 7.66. The Bertz CT molecular complexity index is 377. The van der Waals surface area contributed by atoms with E-state index in [1.54, 1.807) is 6.07 Å². The van der Waals surface area contributed by atoms with Crippen molar-refractivity contribution >= 4 is 11.5 Å². The lowest BCUT2D eigenvalue weighted by Gasteiger charge is -2.31. The summed E-state index contributed by atoms with van der Waals surface area (Å²) in [5.41, 5.74) is 0.0498. The Morgan fingerprint density at radius 3 is 2.94 bits per heavy atom. The molecule has 1 aromatic heterocycles. The van der Waals surface area contributed by atoms with Crippen LogP contribution >= 0.6 is 0 Å². The van der Waals surface area contributed by atoms with E-state index in [4.69, 9.17) is 0 Å². The summed E-state index contributed by atoms with van der Waals surface area (Å²) in [6.45, 7) is 4.21. The van der Waals surface area contributed by atoms with Gasteiger partial charge in [0.15, 0.2) is 0 Å². The minimum absolute atomic E-state index is 0.0498. The van der Waals surface area contributed by atoms with Crippen molar-refractivity contribution in [2.75, 3.05) is 18.0 Å². The van der Waals surface area contributed by atoms with Crippen LogP contribution in [-0.4, -0.2) is 23.0 Å². The number of anilines is 1. The van der Waals surface area contributed by atoms with E-state index < -0.39 is 4.92 Å². The number of aromatic nitrogens is 1. The lowest BCUT2D eigenvalue weighted by molar-refractivity contribution is -0.385. The molecule has 2 rings (SSSR count). The van der Waals surface area contributed by atoms with E-state index in [2.05, 4.69) is 16.8 Å². The average molecular weight is 221 g/mol. The van der Waals surface area contributed by atoms with Crippen LogP contribution < -0.4 is 4.90 Å². The predicted octanol–water partition coefficient (Wildman–Crippen LogP) is 2.23. The Balaban J connectivity index is 2.11. The summed E-state index contributed by atoms with van der Waals surface area (Å²) in [5, 5.41) is 10.5. The maximum atomic E-state index is 10.5. The summed E-state index contributed by atoms with van der Waals surface area (Å²) in [6.07, 6.45) is 3.75. The third-order valence-corrected chi connectivity index (χ3v) is 2.92. The van der Waals surface area contributed by atoms with Gasteiger partial charge in [0, 0.05) is 19.2 Å². The van der Waals surface area contributed by atoms with Crippen LogP contribution in [0.5, 0.6) is 0 Å². The Labute approximate surface area is 94.2 Å². The molecule has 0 amide bonds. The minimum atomic E-state index is -0.421. The molecule has 1 atom stereocenters. The Morgan fingerprint density at radius 2 is 2.38 bits per heavy atom. The molecule has 5 nitrogen and oxygen atoms in total. The SMILES string of the molecule is C[C@@H]1CCCN(c2ccc([N+](=O)[O-])cn2)C1. The molecule has 0 spiro atoms. The summed E-state index contributed by atoms with van der Waals surface area (Å²) in [6, 6.07) is 3.25. The van der Waals surface area contributed by atoms with Gasteiger partial charge in [0.1, 0.15) is 12.0 Å². The normalized spacial score (nSPS) is 20.8. The average Bonchev–Trinajstić information content (AvgIpc) is 2.29. The molecule has 5 heteroatoms. The summed E-state index contributed by atoms with van der Waals surface area (Å²) >= 11 is 0. The van der Waals surface area contributed by atoms with Crippen molar-refractivity contribution in [3.8, 4) is 0 Å². The molecule has 2 heterocycles. The van der Waals surface area contributed by atoms with Crippen LogP contribution in [-0.2, 0) is 0 Å². The molecular weight excluding hydrogens is 206 g/mol. The fourth-order valence-corrected chi connectivity index (χ4v) is 2.07. The summed E-state index contributed by atoms with van der Waals surface area (Å²) in [7, 11) is 0. The van der Waals surface area contributed by atoms with Crippen LogP contribution in [0.1, 0.15) is 19.8 Å². The van der Waals surface area contributed by atoms with Gasteiger partial charge >= 0.3 is 0 Å². The molecule has 0 aliphatic carbocycles. The van der Waals surface area contributed by atoms with E-state index in [0.29, 0.717) is 5.92 Å².